The van der Waals surface area contributed by atoms with Gasteiger partial charge in [-0.15, -0.1) is 6.58 Å². The van der Waals surface area contributed by atoms with Crippen molar-refractivity contribution in [2.24, 2.45) is 4.99 Å². The number of carbonyl (C=O) groups is 1. The van der Waals surface area contributed by atoms with Crippen molar-refractivity contribution in [1.82, 2.24) is 4.90 Å². The van der Waals surface area contributed by atoms with Crippen LogP contribution in [0.5, 0.6) is 0 Å². The first-order chi connectivity index (χ1) is 6.61. The van der Waals surface area contributed by atoms with Crippen molar-refractivity contribution in [1.29, 1.82) is 0 Å². The van der Waals surface area contributed by atoms with Crippen LogP contribution in [0.3, 0.4) is 0 Å². The minimum absolute atomic E-state index is 0.160. The molecule has 0 aromatic rings. The van der Waals surface area contributed by atoms with E-state index in [1.807, 2.05) is 6.92 Å². The zero-order chi connectivity index (χ0) is 11.0. The average Bonchev–Trinajstić information content (AvgIpc) is 2.14. The van der Waals surface area contributed by atoms with Crippen LogP contribution in [-0.4, -0.2) is 30.9 Å². The Hall–Kier alpha value is -1.58. The van der Waals surface area contributed by atoms with Gasteiger partial charge < -0.3 is 4.74 Å². The van der Waals surface area contributed by atoms with Gasteiger partial charge in [-0.2, -0.15) is 0 Å². The summed E-state index contributed by atoms with van der Waals surface area (Å²) in [6.07, 6.45) is 4.67. The first-order valence-corrected chi connectivity index (χ1v) is 4.28. The quantitative estimate of drug-likeness (QED) is 0.499. The molecule has 4 nitrogen and oxygen atoms in total. The van der Waals surface area contributed by atoms with Gasteiger partial charge in [0.2, 0.25) is 0 Å². The molecular formula is C10H16N2O2. The Labute approximate surface area is 84.6 Å². The van der Waals surface area contributed by atoms with Gasteiger partial charge in [-0.05, 0) is 13.6 Å². The number of hydrogen-bond acceptors (Lipinski definition) is 3. The summed E-state index contributed by atoms with van der Waals surface area (Å²) in [5.74, 6) is 0. The fourth-order valence-electron chi connectivity index (χ4n) is 0.746. The molecule has 0 saturated heterocycles. The standard InChI is InChI=1S/C10H16N2O2/c1-5-6-9(2)14-10(13)12(4)8-7-11-3/h5,7-9H,1,3,6H2,2,4H3/b8-7-. The average molecular weight is 196 g/mol. The Morgan fingerprint density at radius 1 is 1.71 bits per heavy atom. The summed E-state index contributed by atoms with van der Waals surface area (Å²) in [4.78, 5) is 16.1. The molecule has 0 aliphatic rings. The fraction of sp³-hybridized carbons (Fsp3) is 0.400. The predicted octanol–water partition coefficient (Wildman–Crippen LogP) is 2.19. The third-order valence-electron chi connectivity index (χ3n) is 1.48. The molecule has 0 fully saturated rings. The van der Waals surface area contributed by atoms with E-state index in [0.717, 1.165) is 0 Å². The molecule has 0 aromatic heterocycles. The summed E-state index contributed by atoms with van der Waals surface area (Å²) < 4.78 is 5.05. The molecule has 0 spiro atoms. The number of rotatable bonds is 5. The Morgan fingerprint density at radius 3 is 2.86 bits per heavy atom. The minimum Gasteiger partial charge on any atom is -0.446 e. The van der Waals surface area contributed by atoms with Crippen LogP contribution < -0.4 is 0 Å². The van der Waals surface area contributed by atoms with Gasteiger partial charge in [0.15, 0.2) is 0 Å². The lowest BCUT2D eigenvalue weighted by molar-refractivity contribution is 0.0881. The van der Waals surface area contributed by atoms with Gasteiger partial charge in [-0.25, -0.2) is 4.79 Å². The van der Waals surface area contributed by atoms with Crippen LogP contribution in [0.2, 0.25) is 0 Å². The van der Waals surface area contributed by atoms with Crippen molar-refractivity contribution in [3.63, 3.8) is 0 Å². The highest BCUT2D eigenvalue weighted by Crippen LogP contribution is 2.01. The van der Waals surface area contributed by atoms with E-state index < -0.39 is 6.09 Å². The van der Waals surface area contributed by atoms with E-state index in [0.29, 0.717) is 6.42 Å². The maximum Gasteiger partial charge on any atom is 0.413 e. The zero-order valence-corrected chi connectivity index (χ0v) is 8.64. The van der Waals surface area contributed by atoms with Crippen LogP contribution in [0.1, 0.15) is 13.3 Å². The van der Waals surface area contributed by atoms with Crippen LogP contribution in [-0.2, 0) is 4.74 Å². The first-order valence-electron chi connectivity index (χ1n) is 4.28. The molecule has 1 unspecified atom stereocenters. The summed E-state index contributed by atoms with van der Waals surface area (Å²) in [5.41, 5.74) is 0. The number of hydrogen-bond donors (Lipinski definition) is 0. The SMILES string of the molecule is C=CCC(C)OC(=O)N(C)/C=C\N=C. The van der Waals surface area contributed by atoms with Crippen molar-refractivity contribution >= 4 is 12.8 Å². The van der Waals surface area contributed by atoms with E-state index >= 15 is 0 Å². The highest BCUT2D eigenvalue weighted by atomic mass is 16.6. The fourth-order valence-corrected chi connectivity index (χ4v) is 0.746. The van der Waals surface area contributed by atoms with Gasteiger partial charge in [0.1, 0.15) is 6.10 Å². The van der Waals surface area contributed by atoms with Crippen molar-refractivity contribution < 1.29 is 9.53 Å². The van der Waals surface area contributed by atoms with Crippen LogP contribution in [0.4, 0.5) is 4.79 Å². The Kier molecular flexibility index (Phi) is 6.11. The molecule has 0 heterocycles. The molecule has 78 valence electrons. The molecule has 1 amide bonds. The molecule has 0 saturated carbocycles. The number of amides is 1. The lowest BCUT2D eigenvalue weighted by Gasteiger charge is -2.16. The van der Waals surface area contributed by atoms with Crippen LogP contribution in [0.25, 0.3) is 0 Å². The third kappa shape index (κ3) is 5.13. The second-order valence-corrected chi connectivity index (χ2v) is 2.81. The molecule has 0 aliphatic heterocycles. The summed E-state index contributed by atoms with van der Waals surface area (Å²) in [6, 6.07) is 0. The normalized spacial score (nSPS) is 12.1. The number of ether oxygens (including phenoxy) is 1. The first kappa shape index (κ1) is 12.4. The Balaban J connectivity index is 3.99. The second-order valence-electron chi connectivity index (χ2n) is 2.81. The predicted molar refractivity (Wildman–Crippen MR) is 57.2 cm³/mol. The number of carbonyl (C=O) groups excluding carboxylic acids is 1. The number of aliphatic imine (C=N–C) groups is 1. The van der Waals surface area contributed by atoms with E-state index in [1.165, 1.54) is 17.3 Å². The third-order valence-corrected chi connectivity index (χ3v) is 1.48. The Morgan fingerprint density at radius 2 is 2.36 bits per heavy atom. The maximum absolute atomic E-state index is 11.3. The van der Waals surface area contributed by atoms with Crippen LogP contribution in [0.15, 0.2) is 30.0 Å². The van der Waals surface area contributed by atoms with E-state index in [2.05, 4.69) is 18.3 Å². The maximum atomic E-state index is 11.3. The van der Waals surface area contributed by atoms with Crippen LogP contribution >= 0.6 is 0 Å². The van der Waals surface area contributed by atoms with Crippen molar-refractivity contribution in [3.8, 4) is 0 Å². The monoisotopic (exact) mass is 196 g/mol. The van der Waals surface area contributed by atoms with E-state index in [9.17, 15) is 4.79 Å². The molecule has 0 aliphatic carbocycles. The van der Waals surface area contributed by atoms with E-state index in [1.54, 1.807) is 13.1 Å². The highest BCUT2D eigenvalue weighted by Gasteiger charge is 2.10. The molecule has 1 atom stereocenters. The minimum atomic E-state index is -0.417. The van der Waals surface area contributed by atoms with Crippen molar-refractivity contribution in [2.45, 2.75) is 19.4 Å². The largest absolute Gasteiger partial charge is 0.446 e. The van der Waals surface area contributed by atoms with Gasteiger partial charge in [-0.3, -0.25) is 9.89 Å². The molecule has 4 heteroatoms. The van der Waals surface area contributed by atoms with E-state index in [-0.39, 0.29) is 6.10 Å². The molecule has 0 bridgehead atoms. The number of nitrogens with zero attached hydrogens (tertiary/aromatic N) is 2. The van der Waals surface area contributed by atoms with Crippen molar-refractivity contribution in [2.75, 3.05) is 7.05 Å². The highest BCUT2D eigenvalue weighted by molar-refractivity contribution is 5.68. The lowest BCUT2D eigenvalue weighted by atomic mass is 10.3. The molecule has 14 heavy (non-hydrogen) atoms. The molecule has 0 rings (SSSR count). The molecular weight excluding hydrogens is 180 g/mol. The smallest absolute Gasteiger partial charge is 0.413 e. The molecule has 0 radical (unpaired) electrons. The van der Waals surface area contributed by atoms with E-state index in [4.69, 9.17) is 4.74 Å². The summed E-state index contributed by atoms with van der Waals surface area (Å²) in [5, 5.41) is 0. The molecule has 0 aromatic carbocycles. The Bertz CT molecular complexity index is 236. The summed E-state index contributed by atoms with van der Waals surface area (Å²) in [6.45, 7) is 8.62. The van der Waals surface area contributed by atoms with Crippen molar-refractivity contribution in [3.05, 3.63) is 25.1 Å². The van der Waals surface area contributed by atoms with Crippen LogP contribution in [0, 0.1) is 0 Å². The van der Waals surface area contributed by atoms with Gasteiger partial charge in [0.05, 0.1) is 0 Å². The topological polar surface area (TPSA) is 41.9 Å². The summed E-state index contributed by atoms with van der Waals surface area (Å²) in [7, 11) is 1.59. The summed E-state index contributed by atoms with van der Waals surface area (Å²) >= 11 is 0. The van der Waals surface area contributed by atoms with Gasteiger partial charge in [0, 0.05) is 25.9 Å². The zero-order valence-electron chi connectivity index (χ0n) is 8.64. The van der Waals surface area contributed by atoms with Gasteiger partial charge in [0.25, 0.3) is 0 Å². The second kappa shape index (κ2) is 6.88. The van der Waals surface area contributed by atoms with Gasteiger partial charge in [-0.1, -0.05) is 6.08 Å². The molecule has 0 N–H and O–H groups in total. The van der Waals surface area contributed by atoms with Gasteiger partial charge >= 0.3 is 6.09 Å². The lowest BCUT2D eigenvalue weighted by Crippen LogP contribution is -2.25.